The van der Waals surface area contributed by atoms with Crippen LogP contribution < -0.4 is 16.0 Å². The summed E-state index contributed by atoms with van der Waals surface area (Å²) in [7, 11) is 0. The number of aliphatic carboxylic acids is 3. The van der Waals surface area contributed by atoms with Gasteiger partial charge < -0.3 is 160 Å². The lowest BCUT2D eigenvalue weighted by Gasteiger charge is -2.51. The normalized spacial score (nSPS) is 40.6. The summed E-state index contributed by atoms with van der Waals surface area (Å²) < 4.78 is 54.9. The molecule has 22 N–H and O–H groups in total. The second-order valence-corrected chi connectivity index (χ2v) is 21.1. The average Bonchev–Trinajstić information content (AvgIpc) is 0.813. The molecule has 5 heterocycles. The number of carbonyl (C=O) groups excluding carboxylic acids is 4. The van der Waals surface area contributed by atoms with Crippen molar-refractivity contribution in [1.29, 1.82) is 0 Å². The number of rotatable bonds is 26. The molecule has 39 nitrogen and oxygen atoms in total. The van der Waals surface area contributed by atoms with Crippen LogP contribution in [0.2, 0.25) is 0 Å². The molecule has 0 unspecified atom stereocenters. The molecule has 5 saturated heterocycles. The van der Waals surface area contributed by atoms with Gasteiger partial charge in [0.05, 0.1) is 62.9 Å². The number of carboxylic acids is 3. The van der Waals surface area contributed by atoms with Gasteiger partial charge in [-0.05, 0) is 0 Å². The van der Waals surface area contributed by atoms with Crippen LogP contribution in [0, 0.1) is 0 Å². The number of nitrogens with one attached hydrogen (secondary N) is 3. The van der Waals surface area contributed by atoms with Crippen molar-refractivity contribution in [1.82, 2.24) is 16.0 Å². The quantitative estimate of drug-likeness (QED) is 0.0358. The Balaban J connectivity index is 1.51. The van der Waals surface area contributed by atoms with E-state index in [1.54, 1.807) is 0 Å². The van der Waals surface area contributed by atoms with E-state index >= 15 is 0 Å². The number of aliphatic hydroxyl groups is 16. The summed E-state index contributed by atoms with van der Waals surface area (Å²) in [5, 5.41) is 215. The molecule has 5 aliphatic rings. The molecule has 5 rings (SSSR count). The molecule has 3 amide bonds. The topological polar surface area (TPSA) is 632 Å². The molecule has 0 bridgehead atoms. The summed E-state index contributed by atoms with van der Waals surface area (Å²) in [6.45, 7) is -2.76. The second-order valence-electron chi connectivity index (χ2n) is 21.1. The van der Waals surface area contributed by atoms with Gasteiger partial charge in [0, 0.05) is 47.0 Å². The third-order valence-corrected chi connectivity index (χ3v) is 14.8. The Kier molecular flexibility index (Phi) is 24.9. The van der Waals surface area contributed by atoms with Gasteiger partial charge in [-0.25, -0.2) is 14.4 Å². The number of esters is 1. The Hall–Kier alpha value is -4.71. The molecule has 5 aliphatic heterocycles. The van der Waals surface area contributed by atoms with Crippen molar-refractivity contribution >= 4 is 41.6 Å². The number of ether oxygens (including phenoxy) is 10. The fourth-order valence-electron chi connectivity index (χ4n) is 10.5. The number of hydrogen-bond donors (Lipinski definition) is 22. The van der Waals surface area contributed by atoms with Crippen molar-refractivity contribution in [3.63, 3.8) is 0 Å². The van der Waals surface area contributed by atoms with E-state index in [0.717, 1.165) is 27.7 Å². The van der Waals surface area contributed by atoms with Crippen LogP contribution in [0.5, 0.6) is 0 Å². The van der Waals surface area contributed by atoms with Crippen LogP contribution in [0.15, 0.2) is 0 Å². The Morgan fingerprint density at radius 3 is 1.28 bits per heavy atom. The molecule has 0 radical (unpaired) electrons. The smallest absolute Gasteiger partial charge is 0.364 e. The molecule has 0 aromatic heterocycles. The van der Waals surface area contributed by atoms with Gasteiger partial charge in [-0.1, -0.05) is 0 Å². The molecule has 0 saturated carbocycles. The van der Waals surface area contributed by atoms with E-state index in [-0.39, 0.29) is 0 Å². The number of carbonyl (C=O) groups is 7. The number of hydrogen-bond acceptors (Lipinski definition) is 33. The number of amides is 3. The standard InChI is InChI=1S/C47H75N3O36/c1-13(55)48-25-17(59)5-45(42(71)72,83-36(25)28(63)20(62)12-77-16(4)58)81-22(9-52)30(65)37-26(49-14(2)56)18(60)6-46(84-37,43(73)74)82-23(10-53)31(66)38-27(50-15(3)57)19(61)7-47(85-38,44(75)76)86-39-29(64)21(8-51)79-41(34(39)69)80-35-24(11-54)78-40(70)33(68)32(35)67/h17-41,51-54,59-70H,5-12H2,1-4H3,(H,48,55)(H,49,56)(H,50,57)(H,71,72)(H,73,74)(H,75,76)/t17-,18-,19-,20+,21+,22+,23+,24+,25+,26+,27+,28+,29-,30+,31+,32+,33+,34+,35+,36+,37+,38+,39-,40+,41-,45+,46+,47-/m0/s1. The molecular formula is C47H75N3O36. The highest BCUT2D eigenvalue weighted by molar-refractivity contribution is 5.78. The lowest BCUT2D eigenvalue weighted by molar-refractivity contribution is -0.387. The highest BCUT2D eigenvalue weighted by atomic mass is 16.8. The van der Waals surface area contributed by atoms with Gasteiger partial charge >= 0.3 is 23.9 Å². The third-order valence-electron chi connectivity index (χ3n) is 14.8. The van der Waals surface area contributed by atoms with Crippen molar-refractivity contribution in [3.8, 4) is 0 Å². The summed E-state index contributed by atoms with van der Waals surface area (Å²) in [6, 6.07) is -5.87. The van der Waals surface area contributed by atoms with E-state index < -0.39 is 264 Å². The van der Waals surface area contributed by atoms with Crippen LogP contribution in [-0.2, 0) is 80.9 Å². The van der Waals surface area contributed by atoms with Crippen LogP contribution in [0.25, 0.3) is 0 Å². The van der Waals surface area contributed by atoms with Crippen LogP contribution in [0.3, 0.4) is 0 Å². The predicted octanol–water partition coefficient (Wildman–Crippen LogP) is -13.3. The van der Waals surface area contributed by atoms with Gasteiger partial charge in [0.1, 0.15) is 110 Å². The Labute approximate surface area is 485 Å². The van der Waals surface area contributed by atoms with Crippen molar-refractivity contribution in [2.45, 2.75) is 217 Å². The fourth-order valence-corrected chi connectivity index (χ4v) is 10.5. The predicted molar refractivity (Wildman–Crippen MR) is 262 cm³/mol. The van der Waals surface area contributed by atoms with Gasteiger partial charge in [-0.15, -0.1) is 0 Å². The maximum atomic E-state index is 13.5. The summed E-state index contributed by atoms with van der Waals surface area (Å²) in [6.07, 6.45) is -54.3. The first-order valence-corrected chi connectivity index (χ1v) is 26.4. The minimum Gasteiger partial charge on any atom is -0.477 e. The van der Waals surface area contributed by atoms with Crippen LogP contribution in [0.4, 0.5) is 0 Å². The van der Waals surface area contributed by atoms with E-state index in [4.69, 9.17) is 42.6 Å². The van der Waals surface area contributed by atoms with Crippen molar-refractivity contribution in [3.05, 3.63) is 0 Å². The highest BCUT2D eigenvalue weighted by Crippen LogP contribution is 2.42. The zero-order chi connectivity index (χ0) is 64.8. The van der Waals surface area contributed by atoms with Crippen molar-refractivity contribution in [2.75, 3.05) is 33.0 Å². The van der Waals surface area contributed by atoms with Gasteiger partial charge in [-0.3, -0.25) is 19.2 Å². The maximum absolute atomic E-state index is 13.5. The number of carboxylic acid groups (broad SMARTS) is 3. The number of aliphatic hydroxyl groups excluding tert-OH is 16. The van der Waals surface area contributed by atoms with Crippen LogP contribution >= 0.6 is 0 Å². The molecule has 494 valence electrons. The second kappa shape index (κ2) is 29.7. The van der Waals surface area contributed by atoms with Gasteiger partial charge in [0.25, 0.3) is 17.4 Å². The molecule has 0 aliphatic carbocycles. The minimum absolute atomic E-state index is 0.850. The van der Waals surface area contributed by atoms with Crippen molar-refractivity contribution < 1.29 is 178 Å². The summed E-state index contributed by atoms with van der Waals surface area (Å²) in [5.74, 6) is -21.1. The Morgan fingerprint density at radius 1 is 0.512 bits per heavy atom. The highest BCUT2D eigenvalue weighted by Gasteiger charge is 2.64. The maximum Gasteiger partial charge on any atom is 0.364 e. The molecule has 28 atom stereocenters. The zero-order valence-corrected chi connectivity index (χ0v) is 46.0. The summed E-state index contributed by atoms with van der Waals surface area (Å²) >= 11 is 0. The summed E-state index contributed by atoms with van der Waals surface area (Å²) in [5.41, 5.74) is 0. The lowest BCUT2D eigenvalue weighted by Crippen LogP contribution is -2.72. The molecular weight excluding hydrogens is 1180 g/mol. The fraction of sp³-hybridized carbons (Fsp3) is 0.851. The van der Waals surface area contributed by atoms with Gasteiger partial charge in [-0.2, -0.15) is 0 Å². The minimum atomic E-state index is -3.56. The molecule has 0 aromatic rings. The molecule has 0 spiro atoms. The Bertz CT molecular complexity index is 2340. The van der Waals surface area contributed by atoms with E-state index in [1.165, 1.54) is 0 Å². The molecule has 86 heavy (non-hydrogen) atoms. The molecule has 39 heteroatoms. The van der Waals surface area contributed by atoms with Gasteiger partial charge in [0.15, 0.2) is 12.6 Å². The lowest BCUT2D eigenvalue weighted by atomic mass is 9.86. The average molecular weight is 1260 g/mol. The molecule has 5 fully saturated rings. The van der Waals surface area contributed by atoms with E-state index in [2.05, 4.69) is 20.7 Å². The van der Waals surface area contributed by atoms with E-state index in [1.807, 2.05) is 0 Å². The first-order valence-electron chi connectivity index (χ1n) is 26.4. The Morgan fingerprint density at radius 2 is 0.907 bits per heavy atom. The first kappa shape index (κ1) is 72.0. The third kappa shape index (κ3) is 15.8. The molecule has 0 aromatic carbocycles. The summed E-state index contributed by atoms with van der Waals surface area (Å²) in [4.78, 5) is 88.9. The van der Waals surface area contributed by atoms with Crippen molar-refractivity contribution in [2.24, 2.45) is 0 Å². The zero-order valence-electron chi connectivity index (χ0n) is 46.0. The SMILES string of the molecule is CC(=O)N[C@H]1[C@H]([C@H](O)[C@H](O)COC(C)=O)O[C@@](O[C@H](CO)[C@@H](O)[C@@H]2O[C@@](O[C@H](CO)[C@@H](O)[C@@H]3O[C@@](O[C@H]4[C@@H](O)[C@@H](CO)O[C@@H](O[C@H]5[C@H](O)[C@@H](O)[C@H](O)O[C@@H]5CO)[C@@H]4O)(C(=O)O)C[C@H](O)[C@H]3NC(C)=O)(C(=O)O)C[C@H](O)[C@H]2NC(C)=O)(C(=O)O)C[C@@H]1O. The first-order chi connectivity index (χ1) is 40.1. The van der Waals surface area contributed by atoms with Gasteiger partial charge in [0.2, 0.25) is 17.7 Å². The monoisotopic (exact) mass is 1260 g/mol. The van der Waals surface area contributed by atoms with E-state index in [0.29, 0.717) is 0 Å². The van der Waals surface area contributed by atoms with E-state index in [9.17, 15) is 131 Å². The van der Waals surface area contributed by atoms with Crippen LogP contribution in [-0.4, -0.2) is 342 Å². The van der Waals surface area contributed by atoms with Crippen LogP contribution in [0.1, 0.15) is 47.0 Å². The largest absolute Gasteiger partial charge is 0.477 e.